The van der Waals surface area contributed by atoms with E-state index in [2.05, 4.69) is 5.10 Å². The van der Waals surface area contributed by atoms with Crippen LogP contribution in [0, 0.1) is 0 Å². The molecule has 1 unspecified atom stereocenters. The molecule has 3 rings (SSSR count). The minimum absolute atomic E-state index is 0.179. The molecule has 2 fully saturated rings. The maximum Gasteiger partial charge on any atom is 0.167 e. The van der Waals surface area contributed by atoms with Crippen LogP contribution in [0.3, 0.4) is 0 Å². The van der Waals surface area contributed by atoms with Crippen molar-refractivity contribution in [2.75, 3.05) is 6.61 Å². The molecule has 18 heavy (non-hydrogen) atoms. The van der Waals surface area contributed by atoms with Gasteiger partial charge in [-0.05, 0) is 31.7 Å². The van der Waals surface area contributed by atoms with Crippen LogP contribution in [0.25, 0.3) is 0 Å². The average Bonchev–Trinajstić information content (AvgIpc) is 3.12. The van der Waals surface area contributed by atoms with Crippen LogP contribution < -0.4 is 0 Å². The van der Waals surface area contributed by atoms with E-state index in [1.54, 1.807) is 0 Å². The molecule has 0 spiro atoms. The molecular formula is C14H20N2O2. The first kappa shape index (κ1) is 11.9. The summed E-state index contributed by atoms with van der Waals surface area (Å²) in [6, 6.07) is 2.53. The molecule has 2 aliphatic rings. The molecule has 98 valence electrons. The predicted molar refractivity (Wildman–Crippen MR) is 67.4 cm³/mol. The highest BCUT2D eigenvalue weighted by atomic mass is 16.5. The predicted octanol–water partition coefficient (Wildman–Crippen LogP) is 2.29. The quantitative estimate of drug-likeness (QED) is 0.821. The summed E-state index contributed by atoms with van der Waals surface area (Å²) in [6.45, 7) is 0.729. The highest BCUT2D eigenvalue weighted by molar-refractivity contribution is 5.85. The lowest BCUT2D eigenvalue weighted by Gasteiger charge is -2.09. The number of carbonyl (C=O) groups excluding carboxylic acids is 1. The van der Waals surface area contributed by atoms with Gasteiger partial charge in [0.15, 0.2) is 5.78 Å². The third-order valence-electron chi connectivity index (χ3n) is 4.01. The molecule has 1 atom stereocenters. The van der Waals surface area contributed by atoms with E-state index in [1.807, 2.05) is 16.9 Å². The second-order valence-electron chi connectivity index (χ2n) is 5.37. The summed E-state index contributed by atoms with van der Waals surface area (Å²) in [5.41, 5.74) is 0.891. The van der Waals surface area contributed by atoms with Crippen LogP contribution in [-0.2, 0) is 16.0 Å². The van der Waals surface area contributed by atoms with E-state index >= 15 is 0 Å². The molecule has 4 heteroatoms. The zero-order chi connectivity index (χ0) is 12.4. The van der Waals surface area contributed by atoms with Gasteiger partial charge in [0.2, 0.25) is 0 Å². The van der Waals surface area contributed by atoms with Crippen LogP contribution in [0.15, 0.2) is 12.3 Å². The molecule has 4 nitrogen and oxygen atoms in total. The summed E-state index contributed by atoms with van der Waals surface area (Å²) in [4.78, 5) is 12.0. The Hall–Kier alpha value is -1.16. The number of nitrogens with zero attached hydrogens (tertiary/aromatic N) is 2. The summed E-state index contributed by atoms with van der Waals surface area (Å²) >= 11 is 0. The first-order valence-corrected chi connectivity index (χ1v) is 7.01. The Bertz CT molecular complexity index is 415. The molecule has 0 radical (unpaired) electrons. The fraction of sp³-hybridized carbons (Fsp3) is 0.714. The van der Waals surface area contributed by atoms with E-state index in [1.165, 1.54) is 25.7 Å². The molecule has 0 amide bonds. The van der Waals surface area contributed by atoms with Gasteiger partial charge in [-0.3, -0.25) is 9.48 Å². The smallest absolute Gasteiger partial charge is 0.167 e. The lowest BCUT2D eigenvalue weighted by Crippen LogP contribution is -2.21. The number of ether oxygens (including phenoxy) is 1. The monoisotopic (exact) mass is 248 g/mol. The van der Waals surface area contributed by atoms with Gasteiger partial charge in [0.25, 0.3) is 0 Å². The topological polar surface area (TPSA) is 44.1 Å². The summed E-state index contributed by atoms with van der Waals surface area (Å²) < 4.78 is 7.46. The van der Waals surface area contributed by atoms with Crippen LogP contribution in [-0.4, -0.2) is 28.3 Å². The minimum Gasteiger partial charge on any atom is -0.370 e. The zero-order valence-electron chi connectivity index (χ0n) is 10.7. The van der Waals surface area contributed by atoms with E-state index in [-0.39, 0.29) is 11.9 Å². The molecule has 0 N–H and O–H groups in total. The fourth-order valence-corrected chi connectivity index (χ4v) is 2.97. The first-order valence-electron chi connectivity index (χ1n) is 7.01. The van der Waals surface area contributed by atoms with Crippen LogP contribution >= 0.6 is 0 Å². The molecule has 1 saturated heterocycles. The maximum atomic E-state index is 12.0. The largest absolute Gasteiger partial charge is 0.370 e. The summed E-state index contributed by atoms with van der Waals surface area (Å²) in [6.07, 6.45) is 9.19. The number of carbonyl (C=O) groups is 1. The van der Waals surface area contributed by atoms with Gasteiger partial charge in [-0.25, -0.2) is 0 Å². The average molecular weight is 248 g/mol. The highest BCUT2D eigenvalue weighted by Gasteiger charge is 2.24. The van der Waals surface area contributed by atoms with E-state index in [0.717, 1.165) is 25.1 Å². The molecule has 1 aromatic rings. The molecular weight excluding hydrogens is 228 g/mol. The lowest BCUT2D eigenvalue weighted by atomic mass is 10.1. The second-order valence-corrected chi connectivity index (χ2v) is 5.37. The normalized spacial score (nSPS) is 24.8. The van der Waals surface area contributed by atoms with Crippen LogP contribution in [0.5, 0.6) is 0 Å². The lowest BCUT2D eigenvalue weighted by molar-refractivity contribution is -0.127. The minimum atomic E-state index is -0.179. The highest BCUT2D eigenvalue weighted by Crippen LogP contribution is 2.28. The van der Waals surface area contributed by atoms with Crippen molar-refractivity contribution >= 4 is 5.78 Å². The van der Waals surface area contributed by atoms with Gasteiger partial charge in [-0.15, -0.1) is 0 Å². The van der Waals surface area contributed by atoms with E-state index in [0.29, 0.717) is 12.5 Å². The number of Topliss-reactive ketones (excluding diaryl/α,β-unsaturated/α-hetero) is 1. The Balaban J connectivity index is 1.60. The summed E-state index contributed by atoms with van der Waals surface area (Å²) in [5, 5.41) is 4.54. The van der Waals surface area contributed by atoms with Crippen molar-refractivity contribution in [2.24, 2.45) is 0 Å². The number of rotatable bonds is 4. The van der Waals surface area contributed by atoms with Gasteiger partial charge in [0, 0.05) is 12.8 Å². The van der Waals surface area contributed by atoms with Gasteiger partial charge in [0.05, 0.1) is 18.2 Å². The third-order valence-corrected chi connectivity index (χ3v) is 4.01. The van der Waals surface area contributed by atoms with Crippen molar-refractivity contribution in [3.05, 3.63) is 18.0 Å². The van der Waals surface area contributed by atoms with Crippen molar-refractivity contribution < 1.29 is 9.53 Å². The van der Waals surface area contributed by atoms with Crippen molar-refractivity contribution in [3.8, 4) is 0 Å². The molecule has 1 aliphatic carbocycles. The van der Waals surface area contributed by atoms with E-state index in [9.17, 15) is 4.79 Å². The Morgan fingerprint density at radius 3 is 2.89 bits per heavy atom. The van der Waals surface area contributed by atoms with E-state index < -0.39 is 0 Å². The number of hydrogen-bond donors (Lipinski definition) is 0. The van der Waals surface area contributed by atoms with Crippen LogP contribution in [0.4, 0.5) is 0 Å². The number of hydrogen-bond acceptors (Lipinski definition) is 3. The zero-order valence-corrected chi connectivity index (χ0v) is 10.7. The van der Waals surface area contributed by atoms with Gasteiger partial charge >= 0.3 is 0 Å². The van der Waals surface area contributed by atoms with E-state index in [4.69, 9.17) is 4.74 Å². The van der Waals surface area contributed by atoms with Gasteiger partial charge in [-0.2, -0.15) is 5.10 Å². The van der Waals surface area contributed by atoms with Gasteiger partial charge < -0.3 is 4.74 Å². The summed E-state index contributed by atoms with van der Waals surface area (Å²) in [7, 11) is 0. The molecule has 1 saturated carbocycles. The van der Waals surface area contributed by atoms with Crippen LogP contribution in [0.2, 0.25) is 0 Å². The molecule has 1 aromatic heterocycles. The van der Waals surface area contributed by atoms with Gasteiger partial charge in [-0.1, -0.05) is 12.8 Å². The Morgan fingerprint density at radius 2 is 2.17 bits per heavy atom. The van der Waals surface area contributed by atoms with Crippen LogP contribution in [0.1, 0.15) is 50.3 Å². The SMILES string of the molecule is O=C(Cc1ccn(C2CCCC2)n1)C1CCCO1. The van der Waals surface area contributed by atoms with Crippen molar-refractivity contribution in [1.82, 2.24) is 9.78 Å². The first-order chi connectivity index (χ1) is 8.83. The number of ketones is 1. The molecule has 1 aliphatic heterocycles. The van der Waals surface area contributed by atoms with Crippen molar-refractivity contribution in [2.45, 2.75) is 57.1 Å². The molecule has 2 heterocycles. The fourth-order valence-electron chi connectivity index (χ4n) is 2.97. The third kappa shape index (κ3) is 2.48. The maximum absolute atomic E-state index is 12.0. The standard InChI is InChI=1S/C14H20N2O2/c17-13(14-6-3-9-18-14)10-11-7-8-16(15-11)12-4-1-2-5-12/h7-8,12,14H,1-6,9-10H2. The van der Waals surface area contributed by atoms with Crippen molar-refractivity contribution in [1.29, 1.82) is 0 Å². The molecule has 0 bridgehead atoms. The number of aromatic nitrogens is 2. The van der Waals surface area contributed by atoms with Crippen molar-refractivity contribution in [3.63, 3.8) is 0 Å². The van der Waals surface area contributed by atoms with Gasteiger partial charge in [0.1, 0.15) is 6.10 Å². The summed E-state index contributed by atoms with van der Waals surface area (Å²) in [5.74, 6) is 0.184. The Kier molecular flexibility index (Phi) is 3.46. The Labute approximate surface area is 107 Å². The second kappa shape index (κ2) is 5.22. The molecule has 0 aromatic carbocycles. The Morgan fingerprint density at radius 1 is 1.33 bits per heavy atom.